The maximum Gasteiger partial charge on any atom is 0.0987 e. The van der Waals surface area contributed by atoms with Crippen molar-refractivity contribution in [1.82, 2.24) is 9.88 Å². The summed E-state index contributed by atoms with van der Waals surface area (Å²) in [5.41, 5.74) is 2.37. The molecule has 1 aromatic carbocycles. The second-order valence-electron chi connectivity index (χ2n) is 6.76. The molecule has 0 amide bonds. The molecule has 2 aromatic rings. The minimum atomic E-state index is -0.0292. The molecular formula is C19H24N2O2. The summed E-state index contributed by atoms with van der Waals surface area (Å²) in [7, 11) is 1.82. The predicted molar refractivity (Wildman–Crippen MR) is 90.4 cm³/mol. The summed E-state index contributed by atoms with van der Waals surface area (Å²) in [4.78, 5) is 6.88. The molecule has 1 aromatic heterocycles. The number of rotatable bonds is 3. The molecule has 4 rings (SSSR count). The zero-order valence-corrected chi connectivity index (χ0v) is 13.7. The standard InChI is InChI=1S/C19H24N2O2/c1-22-18-14-21(10-8-19(18)7-3-11-23-19)13-15-5-6-17-16(12-15)4-2-9-20-17/h2,4-6,9,12,18H,3,7-8,10-11,13-14H2,1H3/t18-,19-/m0/s1. The number of fused-ring (bicyclic) bond motifs is 1. The Morgan fingerprint density at radius 2 is 2.30 bits per heavy atom. The van der Waals surface area contributed by atoms with Crippen LogP contribution in [0.15, 0.2) is 36.5 Å². The summed E-state index contributed by atoms with van der Waals surface area (Å²) in [6, 6.07) is 10.7. The molecule has 0 radical (unpaired) electrons. The summed E-state index contributed by atoms with van der Waals surface area (Å²) in [6.45, 7) is 3.87. The van der Waals surface area contributed by atoms with Crippen molar-refractivity contribution in [3.8, 4) is 0 Å². The summed E-state index contributed by atoms with van der Waals surface area (Å²) >= 11 is 0. The van der Waals surface area contributed by atoms with Crippen LogP contribution in [0.4, 0.5) is 0 Å². The number of likely N-dealkylation sites (tertiary alicyclic amines) is 1. The first-order chi connectivity index (χ1) is 11.3. The Hall–Kier alpha value is -1.49. The van der Waals surface area contributed by atoms with Gasteiger partial charge in [-0.1, -0.05) is 12.1 Å². The van der Waals surface area contributed by atoms with Crippen molar-refractivity contribution in [2.45, 2.75) is 37.5 Å². The van der Waals surface area contributed by atoms with Gasteiger partial charge in [0.25, 0.3) is 0 Å². The van der Waals surface area contributed by atoms with Crippen LogP contribution in [0.25, 0.3) is 10.9 Å². The Morgan fingerprint density at radius 3 is 3.13 bits per heavy atom. The van der Waals surface area contributed by atoms with Gasteiger partial charge in [0.1, 0.15) is 0 Å². The first-order valence-corrected chi connectivity index (χ1v) is 8.52. The SMILES string of the molecule is CO[C@H]1CN(Cc2ccc3ncccc3c2)CC[C@@]12CCCO2. The number of aromatic nitrogens is 1. The molecule has 1 spiro atoms. The zero-order valence-electron chi connectivity index (χ0n) is 13.7. The van der Waals surface area contributed by atoms with Gasteiger partial charge >= 0.3 is 0 Å². The third-order valence-electron chi connectivity index (χ3n) is 5.35. The highest BCUT2D eigenvalue weighted by Gasteiger charge is 2.46. The fourth-order valence-corrected chi connectivity index (χ4v) is 4.09. The number of benzene rings is 1. The lowest BCUT2D eigenvalue weighted by Gasteiger charge is -2.44. The van der Waals surface area contributed by atoms with Gasteiger partial charge in [-0.2, -0.15) is 0 Å². The molecule has 0 saturated carbocycles. The fraction of sp³-hybridized carbons (Fsp3) is 0.526. The predicted octanol–water partition coefficient (Wildman–Crippen LogP) is 3.00. The molecule has 2 fully saturated rings. The van der Waals surface area contributed by atoms with E-state index in [1.54, 1.807) is 0 Å². The number of ether oxygens (including phenoxy) is 2. The number of hydrogen-bond donors (Lipinski definition) is 0. The van der Waals surface area contributed by atoms with Crippen molar-refractivity contribution in [3.63, 3.8) is 0 Å². The van der Waals surface area contributed by atoms with Crippen molar-refractivity contribution >= 4 is 10.9 Å². The van der Waals surface area contributed by atoms with Crippen LogP contribution < -0.4 is 0 Å². The summed E-state index contributed by atoms with van der Waals surface area (Å²) < 4.78 is 11.9. The first kappa shape index (κ1) is 15.1. The second kappa shape index (κ2) is 6.19. The lowest BCUT2D eigenvalue weighted by molar-refractivity contribution is -0.143. The lowest BCUT2D eigenvalue weighted by Crippen LogP contribution is -2.55. The third-order valence-corrected chi connectivity index (χ3v) is 5.35. The van der Waals surface area contributed by atoms with Gasteiger partial charge in [-0.25, -0.2) is 0 Å². The van der Waals surface area contributed by atoms with Crippen molar-refractivity contribution in [2.75, 3.05) is 26.8 Å². The van der Waals surface area contributed by atoms with Crippen molar-refractivity contribution < 1.29 is 9.47 Å². The van der Waals surface area contributed by atoms with Gasteiger partial charge in [-0.15, -0.1) is 0 Å². The minimum Gasteiger partial charge on any atom is -0.377 e. The van der Waals surface area contributed by atoms with E-state index in [4.69, 9.17) is 9.47 Å². The second-order valence-corrected chi connectivity index (χ2v) is 6.76. The molecule has 2 saturated heterocycles. The molecule has 4 nitrogen and oxygen atoms in total. The van der Waals surface area contributed by atoms with Crippen LogP contribution in [-0.4, -0.2) is 48.4 Å². The van der Waals surface area contributed by atoms with Crippen LogP contribution in [0.2, 0.25) is 0 Å². The molecule has 0 bridgehead atoms. The average molecular weight is 312 g/mol. The van der Waals surface area contributed by atoms with Gasteiger partial charge in [-0.05, 0) is 43.0 Å². The largest absolute Gasteiger partial charge is 0.377 e. The maximum absolute atomic E-state index is 6.08. The molecule has 2 aliphatic heterocycles. The number of methoxy groups -OCH3 is 1. The van der Waals surface area contributed by atoms with Crippen molar-refractivity contribution in [1.29, 1.82) is 0 Å². The third kappa shape index (κ3) is 2.87. The lowest BCUT2D eigenvalue weighted by atomic mass is 9.85. The molecule has 2 aliphatic rings. The van der Waals surface area contributed by atoms with Crippen LogP contribution in [0.5, 0.6) is 0 Å². The minimum absolute atomic E-state index is 0.0292. The highest BCUT2D eigenvalue weighted by Crippen LogP contribution is 2.37. The van der Waals surface area contributed by atoms with Crippen LogP contribution >= 0.6 is 0 Å². The van der Waals surface area contributed by atoms with Gasteiger partial charge in [0.05, 0.1) is 17.2 Å². The first-order valence-electron chi connectivity index (χ1n) is 8.52. The van der Waals surface area contributed by atoms with Crippen molar-refractivity contribution in [3.05, 3.63) is 42.1 Å². The molecule has 4 heteroatoms. The van der Waals surface area contributed by atoms with E-state index in [9.17, 15) is 0 Å². The monoisotopic (exact) mass is 312 g/mol. The average Bonchev–Trinajstić information content (AvgIpc) is 3.06. The molecular weight excluding hydrogens is 288 g/mol. The van der Waals surface area contributed by atoms with Gasteiger partial charge in [-0.3, -0.25) is 9.88 Å². The molecule has 23 heavy (non-hydrogen) atoms. The highest BCUT2D eigenvalue weighted by atomic mass is 16.5. The van der Waals surface area contributed by atoms with Crippen LogP contribution in [0.3, 0.4) is 0 Å². The van der Waals surface area contributed by atoms with Gasteiger partial charge in [0.2, 0.25) is 0 Å². The van der Waals surface area contributed by atoms with E-state index in [2.05, 4.69) is 34.1 Å². The van der Waals surface area contributed by atoms with Crippen LogP contribution in [0, 0.1) is 0 Å². The van der Waals surface area contributed by atoms with E-state index in [1.807, 2.05) is 19.4 Å². The molecule has 122 valence electrons. The van der Waals surface area contributed by atoms with E-state index in [1.165, 1.54) is 10.9 Å². The highest BCUT2D eigenvalue weighted by molar-refractivity contribution is 5.78. The Morgan fingerprint density at radius 1 is 1.35 bits per heavy atom. The molecule has 0 N–H and O–H groups in total. The van der Waals surface area contributed by atoms with E-state index < -0.39 is 0 Å². The summed E-state index contributed by atoms with van der Waals surface area (Å²) in [6.07, 6.45) is 5.40. The number of nitrogens with zero attached hydrogens (tertiary/aromatic N) is 2. The Kier molecular flexibility index (Phi) is 4.05. The zero-order chi connectivity index (χ0) is 15.7. The summed E-state index contributed by atoms with van der Waals surface area (Å²) in [5.74, 6) is 0. The summed E-state index contributed by atoms with van der Waals surface area (Å²) in [5, 5.41) is 1.21. The van der Waals surface area contributed by atoms with Gasteiger partial charge in [0.15, 0.2) is 0 Å². The Bertz CT molecular complexity index is 682. The number of hydrogen-bond acceptors (Lipinski definition) is 4. The molecule has 3 heterocycles. The maximum atomic E-state index is 6.08. The molecule has 2 atom stereocenters. The molecule has 0 aliphatic carbocycles. The van der Waals surface area contributed by atoms with Crippen LogP contribution in [-0.2, 0) is 16.0 Å². The quantitative estimate of drug-likeness (QED) is 0.872. The van der Waals surface area contributed by atoms with Gasteiger partial charge < -0.3 is 9.47 Å². The topological polar surface area (TPSA) is 34.6 Å². The van der Waals surface area contributed by atoms with E-state index in [0.29, 0.717) is 0 Å². The van der Waals surface area contributed by atoms with Crippen LogP contribution in [0.1, 0.15) is 24.8 Å². The van der Waals surface area contributed by atoms with E-state index in [-0.39, 0.29) is 11.7 Å². The van der Waals surface area contributed by atoms with Gasteiger partial charge in [0, 0.05) is 44.9 Å². The number of piperidine rings is 1. The normalized spacial score (nSPS) is 28.7. The van der Waals surface area contributed by atoms with E-state index >= 15 is 0 Å². The van der Waals surface area contributed by atoms with E-state index in [0.717, 1.165) is 51.0 Å². The van der Waals surface area contributed by atoms with Crippen molar-refractivity contribution in [2.24, 2.45) is 0 Å². The number of pyridine rings is 1. The fourth-order valence-electron chi connectivity index (χ4n) is 4.09. The Labute approximate surface area is 137 Å². The Balaban J connectivity index is 1.48. The smallest absolute Gasteiger partial charge is 0.0987 e. The molecule has 0 unspecified atom stereocenters.